The Morgan fingerprint density at radius 1 is 0.482 bits per heavy atom. The van der Waals surface area contributed by atoms with Crippen molar-refractivity contribution in [3.8, 4) is 0 Å². The molecule has 27 nitrogen and oxygen atoms in total. The summed E-state index contributed by atoms with van der Waals surface area (Å²) in [5, 5.41) is 165. The summed E-state index contributed by atoms with van der Waals surface area (Å²) in [6, 6.07) is 0. The standard InChI is InChI=1S/C58H94O27/c1-52(2)29-7-11-55(5)30(8-12-58-31-15-53(3,22-62)13-14-57(31,23-77-58)32(64)16-56(55,58)6)54(29,4)10-9-33(52)82-50-45(84-49-43(74)40(71)36(67)26(18-60)79-49)38(69)28(21-76-50)81-51-46(85-47-41(72)34(65)24(63)20-75-47)44(37(68)27(19-61)80-51)83-48-42(73)39(70)35(66)25(17-59)78-48/h22,24-51,59-61,63-74H,7-21,23H2,1-6H3/t24-,25-,26-,27-,28+,29+,30-,31?,32-,33+,34+,35-,36-,37-,38+,39+,40+,41-,42-,43-,44+,45-,46-,47+,48+,49+,50+,51+,53+,54+,55-,56+,57-,58+/m1/s1. The molecule has 11 aliphatic rings. The van der Waals surface area contributed by atoms with Crippen molar-refractivity contribution in [1.29, 1.82) is 0 Å². The van der Waals surface area contributed by atoms with Gasteiger partial charge in [0.2, 0.25) is 0 Å². The van der Waals surface area contributed by atoms with E-state index in [1.807, 2.05) is 6.92 Å². The maximum Gasteiger partial charge on any atom is 0.187 e. The van der Waals surface area contributed by atoms with Gasteiger partial charge in [-0.15, -0.1) is 0 Å². The lowest BCUT2D eigenvalue weighted by molar-refractivity contribution is -0.404. The van der Waals surface area contributed by atoms with Gasteiger partial charge < -0.3 is 133 Å². The molecule has 34 atom stereocenters. The summed E-state index contributed by atoms with van der Waals surface area (Å²) in [6.07, 6.45) is -34.0. The van der Waals surface area contributed by atoms with E-state index in [1.165, 1.54) is 0 Å². The summed E-state index contributed by atoms with van der Waals surface area (Å²) < 4.78 is 68.6. The molecular weight excluding hydrogens is 1130 g/mol. The van der Waals surface area contributed by atoms with E-state index in [0.29, 0.717) is 32.3 Å². The zero-order valence-electron chi connectivity index (χ0n) is 49.2. The molecule has 15 N–H and O–H groups in total. The van der Waals surface area contributed by atoms with Crippen LogP contribution < -0.4 is 0 Å². The molecule has 5 saturated carbocycles. The summed E-state index contributed by atoms with van der Waals surface area (Å²) in [5.74, 6) is 0.317. The molecule has 0 radical (unpaired) electrons. The van der Waals surface area contributed by atoms with Crippen LogP contribution in [0.3, 0.4) is 0 Å². The lowest BCUT2D eigenvalue weighted by Crippen LogP contribution is -2.74. The van der Waals surface area contributed by atoms with Crippen molar-refractivity contribution in [1.82, 2.24) is 0 Å². The highest BCUT2D eigenvalue weighted by atomic mass is 16.8. The zero-order valence-corrected chi connectivity index (χ0v) is 49.2. The summed E-state index contributed by atoms with van der Waals surface area (Å²) >= 11 is 0. The first-order chi connectivity index (χ1) is 40.0. The van der Waals surface area contributed by atoms with E-state index in [2.05, 4.69) is 34.6 Å². The fourth-order valence-corrected chi connectivity index (χ4v) is 18.9. The van der Waals surface area contributed by atoms with Crippen molar-refractivity contribution in [3.63, 3.8) is 0 Å². The Balaban J connectivity index is 0.868. The second kappa shape index (κ2) is 23.6. The third-order valence-corrected chi connectivity index (χ3v) is 24.1. The van der Waals surface area contributed by atoms with E-state index in [0.717, 1.165) is 44.8 Å². The molecule has 0 aromatic carbocycles. The number of ether oxygens (including phenoxy) is 11. The van der Waals surface area contributed by atoms with Crippen LogP contribution in [0.4, 0.5) is 0 Å². The summed E-state index contributed by atoms with van der Waals surface area (Å²) in [4.78, 5) is 12.6. The Morgan fingerprint density at radius 2 is 1.05 bits per heavy atom. The van der Waals surface area contributed by atoms with Crippen molar-refractivity contribution < 1.29 is 133 Å². The Labute approximate surface area is 493 Å². The molecule has 6 saturated heterocycles. The average Bonchev–Trinajstić information content (AvgIpc) is 1.63. The van der Waals surface area contributed by atoms with Gasteiger partial charge >= 0.3 is 0 Å². The lowest BCUT2D eigenvalue weighted by atomic mass is 9.30. The van der Waals surface area contributed by atoms with Crippen LogP contribution in [0.1, 0.15) is 106 Å². The minimum Gasteiger partial charge on any atom is -0.394 e. The van der Waals surface area contributed by atoms with Gasteiger partial charge in [-0.25, -0.2) is 0 Å². The van der Waals surface area contributed by atoms with Gasteiger partial charge in [0, 0.05) is 16.2 Å². The number of aldehydes is 1. The van der Waals surface area contributed by atoms with Crippen LogP contribution in [0.2, 0.25) is 0 Å². The van der Waals surface area contributed by atoms with Gasteiger partial charge in [0.25, 0.3) is 0 Å². The second-order valence-corrected chi connectivity index (χ2v) is 28.6. The van der Waals surface area contributed by atoms with E-state index in [9.17, 15) is 81.4 Å². The highest BCUT2D eigenvalue weighted by Crippen LogP contribution is 2.80. The average molecular weight is 1220 g/mol. The van der Waals surface area contributed by atoms with E-state index in [4.69, 9.17) is 52.1 Å². The van der Waals surface area contributed by atoms with Crippen molar-refractivity contribution >= 4 is 6.29 Å². The number of hydrogen-bond acceptors (Lipinski definition) is 27. The number of fused-ring (bicyclic) bond motifs is 4. The predicted molar refractivity (Wildman–Crippen MR) is 283 cm³/mol. The Bertz CT molecular complexity index is 2340. The molecule has 6 aliphatic heterocycles. The quantitative estimate of drug-likeness (QED) is 0.0581. The molecular formula is C58H94O27. The number of carbonyl (C=O) groups excluding carboxylic acids is 1. The van der Waals surface area contributed by atoms with E-state index in [1.54, 1.807) is 0 Å². The number of hydrogen-bond donors (Lipinski definition) is 15. The molecule has 6 heterocycles. The summed E-state index contributed by atoms with van der Waals surface area (Å²) in [6.45, 7) is 10.3. The smallest absolute Gasteiger partial charge is 0.187 e. The minimum absolute atomic E-state index is 0.0397. The van der Waals surface area contributed by atoms with Crippen LogP contribution in [0.5, 0.6) is 0 Å². The molecule has 11 rings (SSSR count). The van der Waals surface area contributed by atoms with E-state index in [-0.39, 0.29) is 34.0 Å². The minimum atomic E-state index is -2.03. The lowest BCUT2D eigenvalue weighted by Gasteiger charge is -2.75. The van der Waals surface area contributed by atoms with Gasteiger partial charge in [0.05, 0.1) is 57.5 Å². The van der Waals surface area contributed by atoms with E-state index < -0.39 is 208 Å². The SMILES string of the molecule is CC1(C)[C@@H](O[C@@H]2OC[C@H](O[C@@H]3O[C@H](CO)[C@@H](O)[C@H](O[C@@H]4O[C@H](CO)[C@@H](O)[C@H](O)[C@H]4O)[C@H]3O[C@@H]3OC[C@@H](O)[C@H](O)[C@H]3O)[C@H](O)[C@H]2O[C@@H]2O[C@H](CO)[C@@H](O)[C@H](O)[C@H]2O)CC[C@]2(C)[C@H]3CC[C@]45OC[C@@]6(CC[C@](C)(C=O)CC64)[C@H](O)C[C@@]5(C)[C@]3(C)CC[C@@H]12. The van der Waals surface area contributed by atoms with Crippen LogP contribution in [0.15, 0.2) is 0 Å². The molecule has 0 amide bonds. The molecule has 1 spiro atoms. The Hall–Kier alpha value is -1.37. The van der Waals surface area contributed by atoms with Gasteiger partial charge in [-0.05, 0) is 98.2 Å². The number of carbonyl (C=O) groups is 1. The molecule has 0 aromatic rings. The predicted octanol–water partition coefficient (Wildman–Crippen LogP) is -4.07. The summed E-state index contributed by atoms with van der Waals surface area (Å²) in [7, 11) is 0. The highest BCUT2D eigenvalue weighted by Gasteiger charge is 2.80. The molecule has 0 aromatic heterocycles. The third-order valence-electron chi connectivity index (χ3n) is 24.1. The first-order valence-electron chi connectivity index (χ1n) is 30.6. The molecule has 1 unspecified atom stereocenters. The molecule has 85 heavy (non-hydrogen) atoms. The van der Waals surface area contributed by atoms with Crippen LogP contribution in [0.25, 0.3) is 0 Å². The Kier molecular flexibility index (Phi) is 18.1. The van der Waals surface area contributed by atoms with E-state index >= 15 is 0 Å². The van der Waals surface area contributed by atoms with Gasteiger partial charge in [-0.2, -0.15) is 0 Å². The first kappa shape index (κ1) is 65.1. The normalized spacial score (nSPS) is 57.6. The largest absolute Gasteiger partial charge is 0.394 e. The molecule has 488 valence electrons. The van der Waals surface area contributed by atoms with Crippen LogP contribution in [0, 0.1) is 50.2 Å². The van der Waals surface area contributed by atoms with Gasteiger partial charge in [0.1, 0.15) is 116 Å². The van der Waals surface area contributed by atoms with Gasteiger partial charge in [-0.3, -0.25) is 0 Å². The molecule has 27 heteroatoms. The fraction of sp³-hybridized carbons (Fsp3) is 0.983. The highest BCUT2D eigenvalue weighted by molar-refractivity contribution is 5.59. The maximum atomic E-state index is 12.7. The van der Waals surface area contributed by atoms with Crippen LogP contribution in [-0.4, -0.2) is 282 Å². The fourth-order valence-electron chi connectivity index (χ4n) is 18.9. The Morgan fingerprint density at radius 3 is 1.67 bits per heavy atom. The maximum absolute atomic E-state index is 12.7. The van der Waals surface area contributed by atoms with Crippen LogP contribution >= 0.6 is 0 Å². The third kappa shape index (κ3) is 10.2. The van der Waals surface area contributed by atoms with Gasteiger partial charge in [0.15, 0.2) is 31.5 Å². The van der Waals surface area contributed by atoms with Crippen molar-refractivity contribution in [2.45, 2.75) is 265 Å². The van der Waals surface area contributed by atoms with Crippen molar-refractivity contribution in [2.24, 2.45) is 50.2 Å². The summed E-state index contributed by atoms with van der Waals surface area (Å²) in [5.41, 5.74) is -2.88. The number of aliphatic hydroxyl groups is 15. The molecule has 2 bridgehead atoms. The number of rotatable bonds is 14. The monoisotopic (exact) mass is 1220 g/mol. The molecule has 11 fully saturated rings. The first-order valence-corrected chi connectivity index (χ1v) is 30.6. The van der Waals surface area contributed by atoms with Crippen LogP contribution in [-0.2, 0) is 56.9 Å². The number of aliphatic hydroxyl groups excluding tert-OH is 15. The van der Waals surface area contributed by atoms with Crippen molar-refractivity contribution in [2.75, 3.05) is 39.6 Å². The zero-order chi connectivity index (χ0) is 61.5. The van der Waals surface area contributed by atoms with Crippen molar-refractivity contribution in [3.05, 3.63) is 0 Å². The van der Waals surface area contributed by atoms with Gasteiger partial charge in [-0.1, -0.05) is 41.5 Å². The topological polar surface area (TPSA) is 422 Å². The second-order valence-electron chi connectivity index (χ2n) is 28.6. The molecule has 5 aliphatic carbocycles.